The van der Waals surface area contributed by atoms with Crippen LogP contribution in [0.4, 0.5) is 0 Å². The molecule has 0 heterocycles. The summed E-state index contributed by atoms with van der Waals surface area (Å²) in [6, 6.07) is 0. The molecule has 0 amide bonds. The van der Waals surface area contributed by atoms with Gasteiger partial charge in [0, 0.05) is 0 Å². The fourth-order valence-corrected chi connectivity index (χ4v) is 5.37. The predicted molar refractivity (Wildman–Crippen MR) is 90.7 cm³/mol. The lowest BCUT2D eigenvalue weighted by Gasteiger charge is -2.33. The van der Waals surface area contributed by atoms with E-state index in [1.165, 1.54) is 77.0 Å². The Morgan fingerprint density at radius 3 is 2.10 bits per heavy atom. The molecule has 0 aliphatic heterocycles. The molecule has 118 valence electrons. The lowest BCUT2D eigenvalue weighted by atomic mass is 9.79. The van der Waals surface area contributed by atoms with E-state index in [1.54, 1.807) is 0 Å². The van der Waals surface area contributed by atoms with Crippen molar-refractivity contribution in [2.75, 3.05) is 0 Å². The van der Waals surface area contributed by atoms with E-state index in [1.807, 2.05) is 0 Å². The first-order chi connectivity index (χ1) is 9.55. The van der Waals surface area contributed by atoms with Crippen LogP contribution in [0.2, 0.25) is 0 Å². The summed E-state index contributed by atoms with van der Waals surface area (Å²) in [5.74, 6) is 0.998. The third kappa shape index (κ3) is 5.09. The van der Waals surface area contributed by atoms with Gasteiger partial charge in [-0.2, -0.15) is 0 Å². The molecule has 2 saturated carbocycles. The monoisotopic (exact) mass is 318 g/mol. The van der Waals surface area contributed by atoms with Crippen molar-refractivity contribution in [3.8, 4) is 0 Å². The predicted octanol–water partition coefficient (Wildman–Crippen LogP) is 7.27. The number of rotatable bonds is 10. The van der Waals surface area contributed by atoms with Crippen molar-refractivity contribution in [1.29, 1.82) is 0 Å². The average molecular weight is 319 g/mol. The summed E-state index contributed by atoms with van der Waals surface area (Å²) in [6.45, 7) is 2.27. The van der Waals surface area contributed by atoms with Crippen LogP contribution in [0.25, 0.3) is 0 Å². The Hall–Kier alpha value is 0.580. The van der Waals surface area contributed by atoms with Crippen molar-refractivity contribution in [2.24, 2.45) is 11.3 Å². The number of halogens is 2. The lowest BCUT2D eigenvalue weighted by molar-refractivity contribution is 0.252. The van der Waals surface area contributed by atoms with Gasteiger partial charge in [-0.05, 0) is 56.3 Å². The van der Waals surface area contributed by atoms with Crippen LogP contribution in [-0.2, 0) is 0 Å². The van der Waals surface area contributed by atoms with Crippen LogP contribution in [0.3, 0.4) is 0 Å². The number of hydrogen-bond acceptors (Lipinski definition) is 0. The highest BCUT2D eigenvalue weighted by Crippen LogP contribution is 2.59. The lowest BCUT2D eigenvalue weighted by Crippen LogP contribution is -2.25. The van der Waals surface area contributed by atoms with E-state index in [4.69, 9.17) is 23.2 Å². The van der Waals surface area contributed by atoms with E-state index < -0.39 is 4.33 Å². The molecule has 0 aromatic rings. The second-order valence-corrected chi connectivity index (χ2v) is 9.19. The fraction of sp³-hybridized carbons (Fsp3) is 1.00. The van der Waals surface area contributed by atoms with Crippen LogP contribution < -0.4 is 0 Å². The zero-order chi connectivity index (χ0) is 14.5. The van der Waals surface area contributed by atoms with Gasteiger partial charge in [-0.15, -0.1) is 23.2 Å². The smallest absolute Gasteiger partial charge is 0.102 e. The van der Waals surface area contributed by atoms with Gasteiger partial charge in [-0.25, -0.2) is 0 Å². The first-order valence-electron chi connectivity index (χ1n) is 8.93. The average Bonchev–Trinajstić information content (AvgIpc) is 2.96. The maximum atomic E-state index is 6.63. The number of hydrogen-bond donors (Lipinski definition) is 0. The van der Waals surface area contributed by atoms with Crippen LogP contribution in [0.5, 0.6) is 0 Å². The first kappa shape index (κ1) is 16.9. The quantitative estimate of drug-likeness (QED) is 0.293. The van der Waals surface area contributed by atoms with Crippen LogP contribution in [0, 0.1) is 11.3 Å². The number of alkyl halides is 2. The third-order valence-corrected chi connectivity index (χ3v) is 6.31. The minimum absolute atomic E-state index is 0.456. The molecule has 2 rings (SSSR count). The van der Waals surface area contributed by atoms with E-state index in [-0.39, 0.29) is 0 Å². The summed E-state index contributed by atoms with van der Waals surface area (Å²) < 4.78 is -0.456. The Labute approximate surface area is 136 Å². The van der Waals surface area contributed by atoms with Gasteiger partial charge in [0.1, 0.15) is 4.33 Å². The molecule has 0 nitrogen and oxygen atoms in total. The van der Waals surface area contributed by atoms with Crippen LogP contribution in [-0.4, -0.2) is 4.33 Å². The molecule has 2 aliphatic rings. The highest BCUT2D eigenvalue weighted by Gasteiger charge is 2.48. The van der Waals surface area contributed by atoms with Crippen molar-refractivity contribution >= 4 is 23.2 Å². The van der Waals surface area contributed by atoms with E-state index in [9.17, 15) is 0 Å². The second-order valence-electron chi connectivity index (χ2n) is 7.55. The molecular weight excluding hydrogens is 287 g/mol. The molecular formula is C18H32Cl2. The van der Waals surface area contributed by atoms with Gasteiger partial charge in [0.2, 0.25) is 0 Å². The van der Waals surface area contributed by atoms with Crippen LogP contribution in [0.15, 0.2) is 0 Å². The molecule has 2 bridgehead atoms. The van der Waals surface area contributed by atoms with Crippen molar-refractivity contribution in [3.63, 3.8) is 0 Å². The topological polar surface area (TPSA) is 0 Å². The molecule has 20 heavy (non-hydrogen) atoms. The van der Waals surface area contributed by atoms with Gasteiger partial charge in [0.15, 0.2) is 0 Å². The molecule has 0 spiro atoms. The largest absolute Gasteiger partial charge is 0.118 e. The highest BCUT2D eigenvalue weighted by molar-refractivity contribution is 6.48. The van der Waals surface area contributed by atoms with Gasteiger partial charge in [-0.3, -0.25) is 0 Å². The standard InChI is InChI=1S/C18H32Cl2/c1-2-3-4-5-6-7-8-11-18(19,20)15-17-12-9-16(14-17)10-13-17/h16H,2-15H2,1H3. The first-order valence-corrected chi connectivity index (χ1v) is 9.69. The summed E-state index contributed by atoms with van der Waals surface area (Å²) in [6.07, 6.45) is 18.5. The summed E-state index contributed by atoms with van der Waals surface area (Å²) in [7, 11) is 0. The Bertz CT molecular complexity index is 277. The molecule has 2 heteroatoms. The number of fused-ring (bicyclic) bond motifs is 2. The second kappa shape index (κ2) is 7.73. The van der Waals surface area contributed by atoms with Gasteiger partial charge < -0.3 is 0 Å². The van der Waals surface area contributed by atoms with Gasteiger partial charge in [0.05, 0.1) is 0 Å². The molecule has 0 radical (unpaired) electrons. The summed E-state index contributed by atoms with van der Waals surface area (Å²) in [5.41, 5.74) is 0.523. The molecule has 0 atom stereocenters. The molecule has 0 unspecified atom stereocenters. The summed E-state index contributed by atoms with van der Waals surface area (Å²) in [5, 5.41) is 0. The van der Waals surface area contributed by atoms with Crippen LogP contribution in [0.1, 0.15) is 96.8 Å². The van der Waals surface area contributed by atoms with E-state index in [2.05, 4.69) is 6.92 Å². The summed E-state index contributed by atoms with van der Waals surface area (Å²) in [4.78, 5) is 0. The summed E-state index contributed by atoms with van der Waals surface area (Å²) >= 11 is 13.3. The normalized spacial score (nSPS) is 29.2. The SMILES string of the molecule is CCCCCCCCCC(Cl)(Cl)CC12CCC(CC1)C2. The minimum Gasteiger partial charge on any atom is -0.102 e. The molecule has 0 N–H and O–H groups in total. The maximum Gasteiger partial charge on any atom is 0.118 e. The van der Waals surface area contributed by atoms with E-state index >= 15 is 0 Å². The van der Waals surface area contributed by atoms with Gasteiger partial charge in [0.25, 0.3) is 0 Å². The van der Waals surface area contributed by atoms with Crippen LogP contribution >= 0.6 is 23.2 Å². The fourth-order valence-electron chi connectivity index (χ4n) is 4.54. The molecule has 2 aliphatic carbocycles. The highest BCUT2D eigenvalue weighted by atomic mass is 35.5. The molecule has 0 saturated heterocycles. The van der Waals surface area contributed by atoms with E-state index in [0.717, 1.165) is 18.8 Å². The Morgan fingerprint density at radius 1 is 0.950 bits per heavy atom. The molecule has 2 fully saturated rings. The van der Waals surface area contributed by atoms with Crippen molar-refractivity contribution in [1.82, 2.24) is 0 Å². The third-order valence-electron chi connectivity index (χ3n) is 5.67. The van der Waals surface area contributed by atoms with Crippen molar-refractivity contribution in [2.45, 2.75) is 101 Å². The Kier molecular flexibility index (Phi) is 6.54. The molecule has 0 aromatic heterocycles. The number of unbranched alkanes of at least 4 members (excludes halogenated alkanes) is 6. The van der Waals surface area contributed by atoms with Gasteiger partial charge in [-0.1, -0.05) is 51.9 Å². The Balaban J connectivity index is 1.59. The molecule has 0 aromatic carbocycles. The zero-order valence-electron chi connectivity index (χ0n) is 13.2. The maximum absolute atomic E-state index is 6.63. The minimum atomic E-state index is -0.456. The zero-order valence-corrected chi connectivity index (χ0v) is 14.7. The van der Waals surface area contributed by atoms with E-state index in [0.29, 0.717) is 5.41 Å². The van der Waals surface area contributed by atoms with Gasteiger partial charge >= 0.3 is 0 Å². The Morgan fingerprint density at radius 2 is 1.55 bits per heavy atom. The van der Waals surface area contributed by atoms with Crippen molar-refractivity contribution in [3.05, 3.63) is 0 Å². The van der Waals surface area contributed by atoms with Crippen molar-refractivity contribution < 1.29 is 0 Å².